The van der Waals surface area contributed by atoms with Gasteiger partial charge in [-0.25, -0.2) is 9.67 Å². The number of rotatable bonds is 5. The second-order valence-electron chi connectivity index (χ2n) is 7.10. The molecule has 0 saturated carbocycles. The molecule has 2 aromatic heterocycles. The van der Waals surface area contributed by atoms with E-state index in [2.05, 4.69) is 35.8 Å². The highest BCUT2D eigenvalue weighted by atomic mass is 16.2. The Bertz CT molecular complexity index is 994. The minimum absolute atomic E-state index is 0.00883. The number of carbonyl (C=O) groups is 2. The van der Waals surface area contributed by atoms with Crippen LogP contribution in [0.2, 0.25) is 0 Å². The summed E-state index contributed by atoms with van der Waals surface area (Å²) in [6.45, 7) is 2.92. The molecule has 0 spiro atoms. The van der Waals surface area contributed by atoms with Crippen LogP contribution in [0, 0.1) is 5.92 Å². The second-order valence-corrected chi connectivity index (χ2v) is 7.10. The molecule has 154 valence electrons. The topological polar surface area (TPSA) is 118 Å². The van der Waals surface area contributed by atoms with Gasteiger partial charge < -0.3 is 15.5 Å². The predicted molar refractivity (Wildman–Crippen MR) is 111 cm³/mol. The summed E-state index contributed by atoms with van der Waals surface area (Å²) in [6, 6.07) is 10.8. The van der Waals surface area contributed by atoms with Crippen molar-refractivity contribution in [2.24, 2.45) is 5.92 Å². The summed E-state index contributed by atoms with van der Waals surface area (Å²) in [5.74, 6) is 1.21. The number of aromatic nitrogens is 5. The van der Waals surface area contributed by atoms with Gasteiger partial charge in [0.25, 0.3) is 0 Å². The zero-order chi connectivity index (χ0) is 20.9. The maximum absolute atomic E-state index is 12.6. The maximum Gasteiger partial charge on any atom is 0.227 e. The van der Waals surface area contributed by atoms with Crippen LogP contribution in [0.5, 0.6) is 0 Å². The van der Waals surface area contributed by atoms with Crippen LogP contribution in [0.25, 0.3) is 5.82 Å². The number of piperidine rings is 1. The van der Waals surface area contributed by atoms with Crippen molar-refractivity contribution in [1.82, 2.24) is 25.0 Å². The van der Waals surface area contributed by atoms with Crippen LogP contribution in [0.4, 0.5) is 17.2 Å². The molecule has 0 radical (unpaired) electrons. The van der Waals surface area contributed by atoms with Gasteiger partial charge >= 0.3 is 0 Å². The Hall–Kier alpha value is -3.82. The lowest BCUT2D eigenvalue weighted by molar-refractivity contribution is -0.120. The van der Waals surface area contributed by atoms with Crippen LogP contribution in [0.1, 0.15) is 19.8 Å². The number of amides is 2. The molecule has 30 heavy (non-hydrogen) atoms. The SMILES string of the molecule is CC(=O)Nc1ccc(NC(=O)C2CCN(c3ccc(-n4cncn4)nn3)CC2)cc1. The van der Waals surface area contributed by atoms with Crippen LogP contribution in [0.3, 0.4) is 0 Å². The summed E-state index contributed by atoms with van der Waals surface area (Å²) in [6.07, 6.45) is 4.49. The van der Waals surface area contributed by atoms with Gasteiger partial charge in [0.15, 0.2) is 11.6 Å². The molecule has 0 unspecified atom stereocenters. The number of nitrogens with zero attached hydrogens (tertiary/aromatic N) is 6. The Morgan fingerprint density at radius 2 is 1.57 bits per heavy atom. The molecule has 1 aliphatic rings. The fourth-order valence-corrected chi connectivity index (χ4v) is 3.39. The second kappa shape index (κ2) is 8.68. The van der Waals surface area contributed by atoms with E-state index in [4.69, 9.17) is 0 Å². The van der Waals surface area contributed by atoms with Crippen molar-refractivity contribution in [2.75, 3.05) is 28.6 Å². The summed E-state index contributed by atoms with van der Waals surface area (Å²) in [5, 5.41) is 18.2. The number of carbonyl (C=O) groups excluding carboxylic acids is 2. The first-order chi connectivity index (χ1) is 14.6. The van der Waals surface area contributed by atoms with Gasteiger partial charge in [0.2, 0.25) is 11.8 Å². The normalized spacial score (nSPS) is 14.4. The zero-order valence-electron chi connectivity index (χ0n) is 16.5. The van der Waals surface area contributed by atoms with Gasteiger partial charge in [-0.05, 0) is 49.2 Å². The van der Waals surface area contributed by atoms with Crippen molar-refractivity contribution in [2.45, 2.75) is 19.8 Å². The molecule has 1 fully saturated rings. The standard InChI is InChI=1S/C20H22N8O2/c1-14(29)23-16-2-4-17(5-3-16)24-20(30)15-8-10-27(11-9-15)18-6-7-19(26-25-18)28-13-21-12-22-28/h2-7,12-13,15H,8-11H2,1H3,(H,23,29)(H,24,30). The number of hydrogen-bond donors (Lipinski definition) is 2. The Morgan fingerprint density at radius 1 is 0.933 bits per heavy atom. The van der Waals surface area contributed by atoms with Crippen molar-refractivity contribution in [1.29, 1.82) is 0 Å². The van der Waals surface area contributed by atoms with Crippen LogP contribution in [0.15, 0.2) is 49.1 Å². The lowest BCUT2D eigenvalue weighted by Crippen LogP contribution is -2.38. The van der Waals surface area contributed by atoms with Crippen molar-refractivity contribution in [3.05, 3.63) is 49.1 Å². The average Bonchev–Trinajstić information content (AvgIpc) is 3.30. The Balaban J connectivity index is 1.29. The van der Waals surface area contributed by atoms with Gasteiger partial charge in [-0.3, -0.25) is 9.59 Å². The summed E-state index contributed by atoms with van der Waals surface area (Å²) >= 11 is 0. The maximum atomic E-state index is 12.6. The van der Waals surface area contributed by atoms with Crippen molar-refractivity contribution < 1.29 is 9.59 Å². The van der Waals surface area contributed by atoms with Crippen LogP contribution in [-0.2, 0) is 9.59 Å². The van der Waals surface area contributed by atoms with Gasteiger partial charge in [0.05, 0.1) is 0 Å². The summed E-state index contributed by atoms with van der Waals surface area (Å²) in [5.41, 5.74) is 1.41. The van der Waals surface area contributed by atoms with Crippen LogP contribution < -0.4 is 15.5 Å². The molecule has 3 aromatic rings. The molecule has 10 nitrogen and oxygen atoms in total. The molecule has 0 aliphatic carbocycles. The monoisotopic (exact) mass is 406 g/mol. The van der Waals surface area contributed by atoms with Gasteiger partial charge in [-0.2, -0.15) is 5.10 Å². The molecule has 0 bridgehead atoms. The van der Waals surface area contributed by atoms with E-state index in [0.717, 1.165) is 31.7 Å². The van der Waals surface area contributed by atoms with E-state index < -0.39 is 0 Å². The molecule has 1 aromatic carbocycles. The molecule has 0 atom stereocenters. The number of hydrogen-bond acceptors (Lipinski definition) is 7. The van der Waals surface area contributed by atoms with E-state index in [1.54, 1.807) is 35.3 Å². The van der Waals surface area contributed by atoms with E-state index >= 15 is 0 Å². The lowest BCUT2D eigenvalue weighted by Gasteiger charge is -2.31. The minimum atomic E-state index is -0.128. The van der Waals surface area contributed by atoms with Gasteiger partial charge in [-0.15, -0.1) is 10.2 Å². The Labute approximate surface area is 173 Å². The summed E-state index contributed by atoms with van der Waals surface area (Å²) in [4.78, 5) is 29.7. The summed E-state index contributed by atoms with van der Waals surface area (Å²) < 4.78 is 1.55. The van der Waals surface area contributed by atoms with E-state index in [1.807, 2.05) is 12.1 Å². The van der Waals surface area contributed by atoms with E-state index in [1.165, 1.54) is 13.3 Å². The number of nitrogens with one attached hydrogen (secondary N) is 2. The fourth-order valence-electron chi connectivity index (χ4n) is 3.39. The fraction of sp³-hybridized carbons (Fsp3) is 0.300. The van der Waals surface area contributed by atoms with Crippen molar-refractivity contribution in [3.63, 3.8) is 0 Å². The highest BCUT2D eigenvalue weighted by Gasteiger charge is 2.26. The van der Waals surface area contributed by atoms with Crippen LogP contribution >= 0.6 is 0 Å². The number of benzene rings is 1. The first kappa shape index (κ1) is 19.5. The molecule has 3 heterocycles. The van der Waals surface area contributed by atoms with Crippen molar-refractivity contribution in [3.8, 4) is 5.82 Å². The zero-order valence-corrected chi connectivity index (χ0v) is 16.5. The molecular weight excluding hydrogens is 384 g/mol. The molecule has 10 heteroatoms. The van der Waals surface area contributed by atoms with Crippen molar-refractivity contribution >= 4 is 29.0 Å². The third kappa shape index (κ3) is 4.59. The smallest absolute Gasteiger partial charge is 0.227 e. The van der Waals surface area contributed by atoms with E-state index in [0.29, 0.717) is 17.2 Å². The minimum Gasteiger partial charge on any atom is -0.355 e. The highest BCUT2D eigenvalue weighted by Crippen LogP contribution is 2.23. The molecule has 2 amide bonds. The largest absolute Gasteiger partial charge is 0.355 e. The third-order valence-electron chi connectivity index (χ3n) is 4.95. The molecular formula is C20H22N8O2. The molecule has 1 saturated heterocycles. The molecule has 2 N–H and O–H groups in total. The van der Waals surface area contributed by atoms with E-state index in [9.17, 15) is 9.59 Å². The molecule has 4 rings (SSSR count). The predicted octanol–water partition coefficient (Wildman–Crippen LogP) is 1.87. The van der Waals surface area contributed by atoms with Gasteiger partial charge in [0, 0.05) is 37.3 Å². The summed E-state index contributed by atoms with van der Waals surface area (Å²) in [7, 11) is 0. The third-order valence-corrected chi connectivity index (χ3v) is 4.95. The quantitative estimate of drug-likeness (QED) is 0.664. The number of anilines is 3. The first-order valence-electron chi connectivity index (χ1n) is 9.71. The Morgan fingerprint density at radius 3 is 2.13 bits per heavy atom. The first-order valence-corrected chi connectivity index (χ1v) is 9.71. The average molecular weight is 406 g/mol. The highest BCUT2D eigenvalue weighted by molar-refractivity contribution is 5.93. The Kier molecular flexibility index (Phi) is 5.64. The van der Waals surface area contributed by atoms with E-state index in [-0.39, 0.29) is 17.7 Å². The van der Waals surface area contributed by atoms with Gasteiger partial charge in [-0.1, -0.05) is 0 Å². The molecule has 1 aliphatic heterocycles. The lowest BCUT2D eigenvalue weighted by atomic mass is 9.96. The van der Waals surface area contributed by atoms with Gasteiger partial charge in [0.1, 0.15) is 12.7 Å². The van der Waals surface area contributed by atoms with Crippen LogP contribution in [-0.4, -0.2) is 49.9 Å².